The van der Waals surface area contributed by atoms with E-state index >= 15 is 0 Å². The molecule has 22 heavy (non-hydrogen) atoms. The van der Waals surface area contributed by atoms with Gasteiger partial charge in [-0.15, -0.1) is 0 Å². The number of carbonyl (C=O) groups is 1. The zero-order chi connectivity index (χ0) is 15.9. The van der Waals surface area contributed by atoms with Gasteiger partial charge in [0, 0.05) is 12.7 Å². The Morgan fingerprint density at radius 2 is 2.23 bits per heavy atom. The molecule has 0 aliphatic heterocycles. The molecule has 0 aliphatic carbocycles. The summed E-state index contributed by atoms with van der Waals surface area (Å²) in [5.74, 6) is -0.303. The average molecular weight is 302 g/mol. The van der Waals surface area contributed by atoms with Crippen LogP contribution in [0.2, 0.25) is 0 Å². The highest BCUT2D eigenvalue weighted by atomic mass is 16.5. The molecule has 0 saturated heterocycles. The number of nitrogens with zero attached hydrogens (tertiary/aromatic N) is 5. The van der Waals surface area contributed by atoms with Crippen molar-refractivity contribution in [1.82, 2.24) is 29.5 Å². The lowest BCUT2D eigenvalue weighted by Gasteiger charge is -2.03. The van der Waals surface area contributed by atoms with Gasteiger partial charge in [0.05, 0.1) is 12.8 Å². The number of nitrogens with one attached hydrogen (secondary N) is 1. The number of rotatable bonds is 3. The first kappa shape index (κ1) is 14.0. The molecular formula is C13H14N6O3. The van der Waals surface area contributed by atoms with Crippen molar-refractivity contribution in [3.8, 4) is 5.95 Å². The number of hydrogen-bond donors (Lipinski definition) is 1. The summed E-state index contributed by atoms with van der Waals surface area (Å²) in [6.07, 6.45) is 1.45. The van der Waals surface area contributed by atoms with Crippen molar-refractivity contribution < 1.29 is 9.53 Å². The number of aryl methyl sites for hydroxylation is 2. The fourth-order valence-electron chi connectivity index (χ4n) is 2.11. The first-order valence-electron chi connectivity index (χ1n) is 6.67. The molecule has 3 aromatic rings. The predicted octanol–water partition coefficient (Wildman–Crippen LogP) is 0.327. The Morgan fingerprint density at radius 1 is 1.45 bits per heavy atom. The lowest BCUT2D eigenvalue weighted by Crippen LogP contribution is -2.15. The van der Waals surface area contributed by atoms with E-state index in [1.807, 2.05) is 0 Å². The highest BCUT2D eigenvalue weighted by molar-refractivity contribution is 5.87. The van der Waals surface area contributed by atoms with Crippen molar-refractivity contribution in [2.24, 2.45) is 7.05 Å². The fraction of sp³-hybridized carbons (Fsp3) is 0.308. The Morgan fingerprint density at radius 3 is 2.95 bits per heavy atom. The highest BCUT2D eigenvalue weighted by Crippen LogP contribution is 2.11. The zero-order valence-electron chi connectivity index (χ0n) is 12.3. The molecule has 0 aliphatic rings. The fourth-order valence-corrected chi connectivity index (χ4v) is 2.11. The Bertz CT molecular complexity index is 920. The minimum absolute atomic E-state index is 0.159. The molecular weight excluding hydrogens is 288 g/mol. The summed E-state index contributed by atoms with van der Waals surface area (Å²) in [6.45, 7) is 3.74. The normalized spacial score (nSPS) is 11.0. The Labute approximate surface area is 124 Å². The third-order valence-corrected chi connectivity index (χ3v) is 3.16. The molecule has 1 N–H and O–H groups in total. The Balaban J connectivity index is 2.13. The van der Waals surface area contributed by atoms with E-state index in [1.165, 1.54) is 15.6 Å². The standard InChI is InChI=1S/C13H14N6O3/c1-4-22-12(21)9-5-7(2)19(17-9)13-15-10-8(11(20)16-13)6-14-18(10)3/h5-6H,4H2,1-3H3,(H,15,16,20). The summed E-state index contributed by atoms with van der Waals surface area (Å²) in [4.78, 5) is 30.8. The monoisotopic (exact) mass is 302 g/mol. The Hall–Kier alpha value is -2.97. The van der Waals surface area contributed by atoms with E-state index in [4.69, 9.17) is 4.74 Å². The van der Waals surface area contributed by atoms with Crippen molar-refractivity contribution in [3.63, 3.8) is 0 Å². The summed E-state index contributed by atoms with van der Waals surface area (Å²) in [5.41, 5.74) is 0.923. The van der Waals surface area contributed by atoms with Gasteiger partial charge in [-0.25, -0.2) is 9.48 Å². The van der Waals surface area contributed by atoms with Gasteiger partial charge in [-0.05, 0) is 19.9 Å². The SMILES string of the molecule is CCOC(=O)c1cc(C)n(-c2nc3c(cnn3C)c(=O)[nH]2)n1. The Kier molecular flexibility index (Phi) is 3.24. The van der Waals surface area contributed by atoms with E-state index < -0.39 is 5.97 Å². The number of ether oxygens (including phenoxy) is 1. The lowest BCUT2D eigenvalue weighted by molar-refractivity contribution is 0.0519. The summed E-state index contributed by atoms with van der Waals surface area (Å²) < 4.78 is 7.80. The van der Waals surface area contributed by atoms with Crippen LogP contribution in [0.5, 0.6) is 0 Å². The summed E-state index contributed by atoms with van der Waals surface area (Å²) in [7, 11) is 1.69. The molecule has 0 atom stereocenters. The van der Waals surface area contributed by atoms with E-state index in [9.17, 15) is 9.59 Å². The molecule has 3 aromatic heterocycles. The van der Waals surface area contributed by atoms with Crippen LogP contribution in [0.1, 0.15) is 23.1 Å². The topological polar surface area (TPSA) is 108 Å². The third kappa shape index (κ3) is 2.16. The van der Waals surface area contributed by atoms with Gasteiger partial charge in [0.2, 0.25) is 5.95 Å². The van der Waals surface area contributed by atoms with Crippen molar-refractivity contribution >= 4 is 17.0 Å². The van der Waals surface area contributed by atoms with Crippen LogP contribution in [0.15, 0.2) is 17.1 Å². The van der Waals surface area contributed by atoms with Gasteiger partial charge in [0.1, 0.15) is 5.39 Å². The molecule has 0 amide bonds. The van der Waals surface area contributed by atoms with E-state index in [0.29, 0.717) is 16.7 Å². The van der Waals surface area contributed by atoms with Crippen molar-refractivity contribution in [2.45, 2.75) is 13.8 Å². The molecule has 0 unspecified atom stereocenters. The zero-order valence-corrected chi connectivity index (χ0v) is 12.3. The quantitative estimate of drug-likeness (QED) is 0.698. The van der Waals surface area contributed by atoms with Gasteiger partial charge in [0.25, 0.3) is 5.56 Å². The van der Waals surface area contributed by atoms with E-state index in [-0.39, 0.29) is 23.8 Å². The van der Waals surface area contributed by atoms with Gasteiger partial charge < -0.3 is 4.74 Å². The number of carbonyl (C=O) groups excluding carboxylic acids is 1. The highest BCUT2D eigenvalue weighted by Gasteiger charge is 2.16. The summed E-state index contributed by atoms with van der Waals surface area (Å²) in [5, 5.41) is 8.53. The van der Waals surface area contributed by atoms with Crippen LogP contribution in [0, 0.1) is 6.92 Å². The second-order valence-electron chi connectivity index (χ2n) is 4.70. The minimum atomic E-state index is -0.520. The minimum Gasteiger partial charge on any atom is -0.461 e. The molecule has 9 heteroatoms. The van der Waals surface area contributed by atoms with Crippen LogP contribution in [0.4, 0.5) is 0 Å². The summed E-state index contributed by atoms with van der Waals surface area (Å²) >= 11 is 0. The smallest absolute Gasteiger partial charge is 0.358 e. The number of esters is 1. The van der Waals surface area contributed by atoms with E-state index in [0.717, 1.165) is 0 Å². The van der Waals surface area contributed by atoms with Crippen molar-refractivity contribution in [1.29, 1.82) is 0 Å². The number of fused-ring (bicyclic) bond motifs is 1. The van der Waals surface area contributed by atoms with Gasteiger partial charge in [-0.1, -0.05) is 0 Å². The molecule has 3 rings (SSSR count). The largest absolute Gasteiger partial charge is 0.461 e. The van der Waals surface area contributed by atoms with Gasteiger partial charge >= 0.3 is 5.97 Å². The molecule has 9 nitrogen and oxygen atoms in total. The number of H-pyrrole nitrogens is 1. The molecule has 0 bridgehead atoms. The van der Waals surface area contributed by atoms with Crippen LogP contribution < -0.4 is 5.56 Å². The predicted molar refractivity (Wildman–Crippen MR) is 76.9 cm³/mol. The average Bonchev–Trinajstić information content (AvgIpc) is 3.04. The first-order valence-corrected chi connectivity index (χ1v) is 6.67. The van der Waals surface area contributed by atoms with Crippen molar-refractivity contribution in [2.75, 3.05) is 6.61 Å². The van der Waals surface area contributed by atoms with Crippen LogP contribution in [-0.2, 0) is 11.8 Å². The molecule has 0 saturated carbocycles. The maximum atomic E-state index is 12.1. The van der Waals surface area contributed by atoms with Crippen LogP contribution in [0.3, 0.4) is 0 Å². The second kappa shape index (κ2) is 5.10. The molecule has 0 spiro atoms. The van der Waals surface area contributed by atoms with E-state index in [2.05, 4.69) is 20.2 Å². The van der Waals surface area contributed by atoms with Crippen LogP contribution in [0.25, 0.3) is 17.0 Å². The maximum absolute atomic E-state index is 12.1. The molecule has 0 fully saturated rings. The third-order valence-electron chi connectivity index (χ3n) is 3.16. The number of aromatic nitrogens is 6. The molecule has 0 radical (unpaired) electrons. The number of aromatic amines is 1. The first-order chi connectivity index (χ1) is 10.5. The van der Waals surface area contributed by atoms with Crippen LogP contribution >= 0.6 is 0 Å². The van der Waals surface area contributed by atoms with Crippen LogP contribution in [-0.4, -0.2) is 42.1 Å². The summed E-state index contributed by atoms with van der Waals surface area (Å²) in [6, 6.07) is 1.57. The maximum Gasteiger partial charge on any atom is 0.358 e. The molecule has 114 valence electrons. The van der Waals surface area contributed by atoms with Gasteiger partial charge in [-0.3, -0.25) is 14.5 Å². The van der Waals surface area contributed by atoms with Gasteiger partial charge in [-0.2, -0.15) is 15.2 Å². The number of hydrogen-bond acceptors (Lipinski definition) is 6. The second-order valence-corrected chi connectivity index (χ2v) is 4.70. The van der Waals surface area contributed by atoms with Crippen molar-refractivity contribution in [3.05, 3.63) is 34.0 Å². The molecule has 0 aromatic carbocycles. The molecule has 3 heterocycles. The van der Waals surface area contributed by atoms with E-state index in [1.54, 1.807) is 27.0 Å². The van der Waals surface area contributed by atoms with Gasteiger partial charge in [0.15, 0.2) is 11.3 Å². The lowest BCUT2D eigenvalue weighted by atomic mass is 10.4.